The summed E-state index contributed by atoms with van der Waals surface area (Å²) >= 11 is 0. The Bertz CT molecular complexity index is 1710. The minimum absolute atomic E-state index is 0.0489. The first-order valence-corrected chi connectivity index (χ1v) is 15.9. The van der Waals surface area contributed by atoms with E-state index >= 15 is 0 Å². The van der Waals surface area contributed by atoms with Crippen molar-refractivity contribution in [2.24, 2.45) is 5.73 Å². The van der Waals surface area contributed by atoms with Gasteiger partial charge in [-0.2, -0.15) is 26.3 Å². The number of hydrogen-bond donors (Lipinski definition) is 1. The summed E-state index contributed by atoms with van der Waals surface area (Å²) in [6, 6.07) is 4.58. The number of halogens is 6. The Balaban J connectivity index is 1.66. The molecule has 2 atom stereocenters. The fourth-order valence-corrected chi connectivity index (χ4v) is 6.34. The summed E-state index contributed by atoms with van der Waals surface area (Å²) in [6.45, 7) is 6.29. The molecule has 2 aliphatic heterocycles. The SMILES string of the molecule is CCOC(=O)N1c2ccc(OC)nc2[C@@H](c2ncc(N3CCN(C(C)=O)CC3)c(Cc3cc(C(F)(F)F)cc(C(F)(F)F)c3)n2)C[C@@]1(N)CC. The molecule has 2 amide bonds. The molecule has 11 nitrogen and oxygen atoms in total. The Kier molecular flexibility index (Phi) is 10.2. The minimum atomic E-state index is -5.04. The molecule has 0 unspecified atom stereocenters. The van der Waals surface area contributed by atoms with Crippen LogP contribution in [0.25, 0.3) is 0 Å². The third-order valence-electron chi connectivity index (χ3n) is 8.98. The number of pyridine rings is 1. The Morgan fingerprint density at radius 2 is 1.60 bits per heavy atom. The van der Waals surface area contributed by atoms with E-state index in [-0.39, 0.29) is 54.4 Å². The molecule has 1 saturated heterocycles. The molecule has 5 rings (SSSR count). The largest absolute Gasteiger partial charge is 0.481 e. The molecule has 4 heterocycles. The van der Waals surface area contributed by atoms with Gasteiger partial charge in [0.1, 0.15) is 11.5 Å². The number of alkyl halides is 6. The van der Waals surface area contributed by atoms with E-state index in [0.717, 1.165) is 0 Å². The Morgan fingerprint density at radius 1 is 0.960 bits per heavy atom. The van der Waals surface area contributed by atoms with Gasteiger partial charge in [0.05, 0.1) is 59.7 Å². The number of piperazine rings is 1. The molecule has 0 bridgehead atoms. The number of amides is 2. The molecule has 0 aliphatic carbocycles. The summed E-state index contributed by atoms with van der Waals surface area (Å²) in [5, 5.41) is 0. The molecule has 0 saturated carbocycles. The standard InChI is InChI=1S/C33H37F6N7O4/c1-5-31(40)17-23(28-25(7-8-27(43-28)49-4)46(31)30(48)50-6-2)29-41-18-26(45-11-9-44(10-12-45)19(3)47)24(42-29)15-20-13-21(32(34,35)36)16-22(14-20)33(37,38)39/h7-8,13-14,16,18,23H,5-6,9-12,15,17,40H2,1-4H3/t23-,31+/m0/s1. The summed E-state index contributed by atoms with van der Waals surface area (Å²) < 4.78 is 93.5. The number of fused-ring (bicyclic) bond motifs is 1. The molecule has 2 N–H and O–H groups in total. The molecule has 3 aromatic rings. The van der Waals surface area contributed by atoms with Crippen LogP contribution in [0.15, 0.2) is 36.5 Å². The van der Waals surface area contributed by atoms with E-state index in [4.69, 9.17) is 20.2 Å². The third-order valence-corrected chi connectivity index (χ3v) is 8.98. The molecule has 1 aromatic carbocycles. The topological polar surface area (TPSA) is 127 Å². The second kappa shape index (κ2) is 13.9. The monoisotopic (exact) mass is 709 g/mol. The average Bonchev–Trinajstić information content (AvgIpc) is 3.07. The van der Waals surface area contributed by atoms with Crippen molar-refractivity contribution in [3.8, 4) is 5.88 Å². The second-order valence-electron chi connectivity index (χ2n) is 12.2. The maximum absolute atomic E-state index is 13.8. The van der Waals surface area contributed by atoms with Crippen molar-refractivity contribution in [2.45, 2.75) is 64.0 Å². The smallest absolute Gasteiger partial charge is 0.416 e. The number of nitrogens with two attached hydrogens (primary N) is 1. The first-order valence-electron chi connectivity index (χ1n) is 15.9. The van der Waals surface area contributed by atoms with Gasteiger partial charge in [0.15, 0.2) is 0 Å². The zero-order valence-corrected chi connectivity index (χ0v) is 27.9. The van der Waals surface area contributed by atoms with Crippen molar-refractivity contribution in [2.75, 3.05) is 49.7 Å². The van der Waals surface area contributed by atoms with E-state index in [9.17, 15) is 35.9 Å². The highest BCUT2D eigenvalue weighted by atomic mass is 19.4. The van der Waals surface area contributed by atoms with E-state index in [1.54, 1.807) is 30.9 Å². The van der Waals surface area contributed by atoms with Crippen LogP contribution in [0.5, 0.6) is 5.88 Å². The van der Waals surface area contributed by atoms with Crippen molar-refractivity contribution in [3.63, 3.8) is 0 Å². The van der Waals surface area contributed by atoms with E-state index < -0.39 is 47.6 Å². The predicted octanol–water partition coefficient (Wildman–Crippen LogP) is 5.74. The van der Waals surface area contributed by atoms with Crippen LogP contribution in [0.3, 0.4) is 0 Å². The van der Waals surface area contributed by atoms with Gasteiger partial charge in [0.25, 0.3) is 0 Å². The number of aromatic nitrogens is 3. The Labute approximate surface area is 284 Å². The van der Waals surface area contributed by atoms with Gasteiger partial charge in [-0.25, -0.2) is 19.7 Å². The zero-order valence-electron chi connectivity index (χ0n) is 27.9. The fraction of sp³-hybridized carbons (Fsp3) is 0.485. The number of ether oxygens (including phenoxy) is 2. The second-order valence-corrected chi connectivity index (χ2v) is 12.2. The van der Waals surface area contributed by atoms with E-state index in [1.807, 2.05) is 4.90 Å². The lowest BCUT2D eigenvalue weighted by Gasteiger charge is -2.46. The summed E-state index contributed by atoms with van der Waals surface area (Å²) in [4.78, 5) is 44.0. The van der Waals surface area contributed by atoms with Gasteiger partial charge in [0.2, 0.25) is 11.8 Å². The van der Waals surface area contributed by atoms with Crippen LogP contribution in [0.4, 0.5) is 42.5 Å². The maximum atomic E-state index is 13.8. The predicted molar refractivity (Wildman–Crippen MR) is 170 cm³/mol. The van der Waals surface area contributed by atoms with Crippen LogP contribution < -0.4 is 20.3 Å². The van der Waals surface area contributed by atoms with Gasteiger partial charge >= 0.3 is 18.4 Å². The number of methoxy groups -OCH3 is 1. The van der Waals surface area contributed by atoms with Crippen LogP contribution in [0, 0.1) is 0 Å². The van der Waals surface area contributed by atoms with Crippen LogP contribution in [-0.2, 0) is 28.3 Å². The summed E-state index contributed by atoms with van der Waals surface area (Å²) in [7, 11) is 1.41. The van der Waals surface area contributed by atoms with Gasteiger partial charge in [-0.3, -0.25) is 9.69 Å². The molecule has 0 radical (unpaired) electrons. The average molecular weight is 710 g/mol. The number of hydrogen-bond acceptors (Lipinski definition) is 9. The first kappa shape index (κ1) is 36.6. The van der Waals surface area contributed by atoms with Crippen molar-refractivity contribution < 1.29 is 45.4 Å². The summed E-state index contributed by atoms with van der Waals surface area (Å²) in [6.07, 6.45) is -9.39. The fourth-order valence-electron chi connectivity index (χ4n) is 6.34. The quantitative estimate of drug-likeness (QED) is 0.306. The third kappa shape index (κ3) is 7.41. The number of rotatable bonds is 7. The molecule has 2 aliphatic rings. The lowest BCUT2D eigenvalue weighted by Crippen LogP contribution is -2.61. The van der Waals surface area contributed by atoms with Gasteiger partial charge in [-0.05, 0) is 49.6 Å². The molecule has 1 fully saturated rings. The van der Waals surface area contributed by atoms with E-state index in [2.05, 4.69) is 9.97 Å². The molecule has 2 aromatic heterocycles. The lowest BCUT2D eigenvalue weighted by atomic mass is 9.83. The Hall–Kier alpha value is -4.67. The molecular weight excluding hydrogens is 672 g/mol. The van der Waals surface area contributed by atoms with Crippen LogP contribution >= 0.6 is 0 Å². The molecule has 17 heteroatoms. The molecule has 270 valence electrons. The van der Waals surface area contributed by atoms with Gasteiger partial charge in [-0.15, -0.1) is 0 Å². The number of carbonyl (C=O) groups excluding carboxylic acids is 2. The number of nitrogens with zero attached hydrogens (tertiary/aromatic N) is 6. The van der Waals surface area contributed by atoms with Gasteiger partial charge in [0, 0.05) is 45.6 Å². The van der Waals surface area contributed by atoms with Crippen molar-refractivity contribution in [3.05, 3.63) is 70.4 Å². The Morgan fingerprint density at radius 3 is 2.14 bits per heavy atom. The van der Waals surface area contributed by atoms with Gasteiger partial charge < -0.3 is 25.0 Å². The highest BCUT2D eigenvalue weighted by Crippen LogP contribution is 2.46. The molecule has 0 spiro atoms. The highest BCUT2D eigenvalue weighted by molar-refractivity contribution is 5.91. The number of carbonyl (C=O) groups is 2. The molecular formula is C33H37F6N7O4. The van der Waals surface area contributed by atoms with Crippen LogP contribution in [-0.4, -0.2) is 77.4 Å². The van der Waals surface area contributed by atoms with Crippen molar-refractivity contribution in [1.82, 2.24) is 19.9 Å². The van der Waals surface area contributed by atoms with Crippen LogP contribution in [0.2, 0.25) is 0 Å². The first-order chi connectivity index (χ1) is 23.5. The van der Waals surface area contributed by atoms with Crippen molar-refractivity contribution in [1.29, 1.82) is 0 Å². The highest BCUT2D eigenvalue weighted by Gasteiger charge is 2.47. The van der Waals surface area contributed by atoms with Crippen molar-refractivity contribution >= 4 is 23.4 Å². The zero-order chi connectivity index (χ0) is 36.6. The normalized spacial score (nSPS) is 19.7. The van der Waals surface area contributed by atoms with E-state index in [1.165, 1.54) is 25.1 Å². The van der Waals surface area contributed by atoms with E-state index in [0.29, 0.717) is 55.4 Å². The lowest BCUT2D eigenvalue weighted by molar-refractivity contribution is -0.143. The summed E-state index contributed by atoms with van der Waals surface area (Å²) in [5.74, 6) is -0.548. The maximum Gasteiger partial charge on any atom is 0.416 e. The summed E-state index contributed by atoms with van der Waals surface area (Å²) in [5.41, 5.74) is 3.58. The van der Waals surface area contributed by atoms with Gasteiger partial charge in [-0.1, -0.05) is 6.92 Å². The minimum Gasteiger partial charge on any atom is -0.481 e. The molecule has 50 heavy (non-hydrogen) atoms. The number of anilines is 2. The number of benzene rings is 1. The van der Waals surface area contributed by atoms with Crippen LogP contribution in [0.1, 0.15) is 73.4 Å².